The number of methoxy groups -OCH3 is 6. The number of hydrogen-bond acceptors (Lipinski definition) is 11. The summed E-state index contributed by atoms with van der Waals surface area (Å²) in [6, 6.07) is 6.78. The zero-order valence-corrected chi connectivity index (χ0v) is 24.0. The number of amides is 2. The second kappa shape index (κ2) is 15.3. The molecule has 0 aliphatic carbocycles. The van der Waals surface area contributed by atoms with Gasteiger partial charge in [-0.15, -0.1) is 11.8 Å². The summed E-state index contributed by atoms with van der Waals surface area (Å²) < 4.78 is 31.8. The van der Waals surface area contributed by atoms with Crippen LogP contribution in [0.2, 0.25) is 0 Å². The normalized spacial score (nSPS) is 12.5. The smallest absolute Gasteiger partial charge is 0.252 e. The van der Waals surface area contributed by atoms with E-state index in [0.717, 1.165) is 11.8 Å². The number of hydrazone groups is 2. The van der Waals surface area contributed by atoms with Crippen LogP contribution in [0.15, 0.2) is 34.5 Å². The van der Waals surface area contributed by atoms with Crippen molar-refractivity contribution < 1.29 is 38.0 Å². The Labute approximate surface area is 232 Å². The molecule has 2 atom stereocenters. The molecule has 0 unspecified atom stereocenters. The fourth-order valence-electron chi connectivity index (χ4n) is 3.30. The summed E-state index contributed by atoms with van der Waals surface area (Å²) in [5.74, 6) is 2.00. The van der Waals surface area contributed by atoms with Crippen molar-refractivity contribution in [2.75, 3.05) is 42.7 Å². The molecule has 39 heavy (non-hydrogen) atoms. The maximum absolute atomic E-state index is 12.5. The summed E-state index contributed by atoms with van der Waals surface area (Å²) in [4.78, 5) is 25.0. The van der Waals surface area contributed by atoms with Gasteiger partial charge in [-0.1, -0.05) is 0 Å². The highest BCUT2D eigenvalue weighted by molar-refractivity contribution is 8.01. The highest BCUT2D eigenvalue weighted by Crippen LogP contribution is 2.38. The molecule has 2 rings (SSSR count). The molecule has 0 saturated carbocycles. The summed E-state index contributed by atoms with van der Waals surface area (Å²) >= 11 is 1.16. The van der Waals surface area contributed by atoms with Crippen LogP contribution >= 0.6 is 11.8 Å². The zero-order chi connectivity index (χ0) is 28.9. The van der Waals surface area contributed by atoms with Crippen LogP contribution in [-0.2, 0) is 9.59 Å². The first kappa shape index (κ1) is 31.1. The van der Waals surface area contributed by atoms with Crippen molar-refractivity contribution in [3.63, 3.8) is 0 Å². The van der Waals surface area contributed by atoms with Gasteiger partial charge in [0.25, 0.3) is 11.8 Å². The minimum absolute atomic E-state index is 0.371. The average molecular weight is 563 g/mol. The molecular weight excluding hydrogens is 528 g/mol. The van der Waals surface area contributed by atoms with E-state index in [2.05, 4.69) is 21.1 Å². The lowest BCUT2D eigenvalue weighted by atomic mass is 10.2. The van der Waals surface area contributed by atoms with Gasteiger partial charge in [-0.25, -0.2) is 10.9 Å². The van der Waals surface area contributed by atoms with Crippen molar-refractivity contribution in [3.8, 4) is 34.5 Å². The second-order valence-corrected chi connectivity index (χ2v) is 9.49. The molecule has 12 nitrogen and oxygen atoms in total. The molecule has 2 aromatic carbocycles. The molecule has 0 saturated heterocycles. The van der Waals surface area contributed by atoms with Crippen LogP contribution < -0.4 is 39.3 Å². The van der Waals surface area contributed by atoms with Gasteiger partial charge in [0.1, 0.15) is 0 Å². The molecule has 13 heteroatoms. The molecule has 0 spiro atoms. The lowest BCUT2D eigenvalue weighted by Crippen LogP contribution is -2.33. The molecule has 0 fully saturated rings. The van der Waals surface area contributed by atoms with Gasteiger partial charge in [0.2, 0.25) is 11.5 Å². The molecule has 0 aromatic heterocycles. The van der Waals surface area contributed by atoms with Crippen molar-refractivity contribution in [2.45, 2.75) is 24.3 Å². The Kier molecular flexibility index (Phi) is 12.2. The van der Waals surface area contributed by atoms with Gasteiger partial charge in [0.05, 0.1) is 65.6 Å². The number of hydrogen-bond donors (Lipinski definition) is 2. The number of nitrogens with one attached hydrogen (secondary N) is 2. The Balaban J connectivity index is 1.94. The second-order valence-electron chi connectivity index (χ2n) is 7.81. The standard InChI is InChI=1S/C26H34N4O8S/c1-15(25(31)29-27-13-17-9-19(33-3)23(37-7)20(10-17)34-4)39-16(2)26(32)30-28-14-18-11-21(35-5)24(38-8)22(12-18)36-6/h9-16H,1-8H3,(H,29,31)(H,30,32)/b27-13+,28-14+/t15-,16-/m0/s1. The van der Waals surface area contributed by atoms with Crippen molar-refractivity contribution in [3.05, 3.63) is 35.4 Å². The van der Waals surface area contributed by atoms with Crippen LogP contribution in [0.25, 0.3) is 0 Å². The van der Waals surface area contributed by atoms with E-state index in [1.165, 1.54) is 55.1 Å². The third kappa shape index (κ3) is 8.43. The van der Waals surface area contributed by atoms with E-state index in [1.807, 2.05) is 0 Å². The van der Waals surface area contributed by atoms with Crippen molar-refractivity contribution in [1.29, 1.82) is 0 Å². The number of benzene rings is 2. The predicted octanol–water partition coefficient (Wildman–Crippen LogP) is 2.85. The minimum Gasteiger partial charge on any atom is -0.493 e. The summed E-state index contributed by atoms with van der Waals surface area (Å²) in [5.41, 5.74) is 6.21. The highest BCUT2D eigenvalue weighted by Gasteiger charge is 2.21. The first-order valence-electron chi connectivity index (χ1n) is 11.6. The molecule has 2 aromatic rings. The van der Waals surface area contributed by atoms with Crippen molar-refractivity contribution >= 4 is 36.0 Å². The average Bonchev–Trinajstić information content (AvgIpc) is 2.95. The number of nitrogens with zero attached hydrogens (tertiary/aromatic N) is 2. The number of carbonyl (C=O) groups is 2. The number of rotatable bonds is 14. The van der Waals surface area contributed by atoms with Crippen LogP contribution in [0.4, 0.5) is 0 Å². The zero-order valence-electron chi connectivity index (χ0n) is 23.2. The molecular formula is C26H34N4O8S. The van der Waals surface area contributed by atoms with Crippen LogP contribution in [0, 0.1) is 0 Å². The fourth-order valence-corrected chi connectivity index (χ4v) is 4.27. The van der Waals surface area contributed by atoms with Crippen LogP contribution in [0.5, 0.6) is 34.5 Å². The van der Waals surface area contributed by atoms with Crippen LogP contribution in [0.3, 0.4) is 0 Å². The Hall–Kier alpha value is -4.13. The van der Waals surface area contributed by atoms with Gasteiger partial charge in [-0.2, -0.15) is 10.2 Å². The van der Waals surface area contributed by atoms with Crippen molar-refractivity contribution in [1.82, 2.24) is 10.9 Å². The van der Waals surface area contributed by atoms with E-state index >= 15 is 0 Å². The molecule has 212 valence electrons. The quantitative estimate of drug-likeness (QED) is 0.263. The van der Waals surface area contributed by atoms with Crippen LogP contribution in [0.1, 0.15) is 25.0 Å². The highest BCUT2D eigenvalue weighted by atomic mass is 32.2. The summed E-state index contributed by atoms with van der Waals surface area (Å²) in [5, 5.41) is 6.87. The molecule has 0 aliphatic heterocycles. The van der Waals surface area contributed by atoms with Crippen LogP contribution in [-0.4, -0.2) is 77.4 Å². The first-order valence-corrected chi connectivity index (χ1v) is 12.6. The number of ether oxygens (including phenoxy) is 6. The number of thioether (sulfide) groups is 1. The monoisotopic (exact) mass is 562 g/mol. The Morgan fingerprint density at radius 2 is 0.949 bits per heavy atom. The predicted molar refractivity (Wildman–Crippen MR) is 150 cm³/mol. The van der Waals surface area contributed by atoms with E-state index in [-0.39, 0.29) is 11.8 Å². The van der Waals surface area contributed by atoms with E-state index < -0.39 is 10.5 Å². The fraction of sp³-hybridized carbons (Fsp3) is 0.385. The Morgan fingerprint density at radius 3 is 1.21 bits per heavy atom. The SMILES string of the molecule is COc1cc(/C=N/NC(=O)[C@H](C)S[C@@H](C)C(=O)N/N=C/c2cc(OC)c(OC)c(OC)c2)cc(OC)c1OC. The van der Waals surface area contributed by atoms with Gasteiger partial charge in [-0.05, 0) is 38.1 Å². The molecule has 2 amide bonds. The first-order chi connectivity index (χ1) is 18.7. The van der Waals surface area contributed by atoms with E-state index in [0.29, 0.717) is 45.6 Å². The van der Waals surface area contributed by atoms with Gasteiger partial charge >= 0.3 is 0 Å². The summed E-state index contributed by atoms with van der Waals surface area (Å²) in [6.07, 6.45) is 2.90. The topological polar surface area (TPSA) is 138 Å². The third-order valence-corrected chi connectivity index (χ3v) is 6.54. The lowest BCUT2D eigenvalue weighted by molar-refractivity contribution is -0.120. The molecule has 2 N–H and O–H groups in total. The molecule has 0 radical (unpaired) electrons. The van der Waals surface area contributed by atoms with Gasteiger partial charge in [0.15, 0.2) is 23.0 Å². The molecule has 0 heterocycles. The Morgan fingerprint density at radius 1 is 0.641 bits per heavy atom. The van der Waals surface area contributed by atoms with E-state index in [1.54, 1.807) is 38.1 Å². The summed E-state index contributed by atoms with van der Waals surface area (Å²) in [7, 11) is 9.06. The van der Waals surface area contributed by atoms with Gasteiger partial charge in [0, 0.05) is 11.1 Å². The molecule has 0 aliphatic rings. The molecule has 0 bridgehead atoms. The largest absolute Gasteiger partial charge is 0.493 e. The van der Waals surface area contributed by atoms with E-state index in [4.69, 9.17) is 28.4 Å². The Bertz CT molecular complexity index is 1060. The summed E-state index contributed by atoms with van der Waals surface area (Å²) in [6.45, 7) is 3.36. The number of carbonyl (C=O) groups excluding carboxylic acids is 2. The lowest BCUT2D eigenvalue weighted by Gasteiger charge is -2.15. The van der Waals surface area contributed by atoms with Gasteiger partial charge in [-0.3, -0.25) is 9.59 Å². The maximum atomic E-state index is 12.5. The van der Waals surface area contributed by atoms with Crippen molar-refractivity contribution in [2.24, 2.45) is 10.2 Å². The third-order valence-electron chi connectivity index (χ3n) is 5.30. The van der Waals surface area contributed by atoms with Gasteiger partial charge < -0.3 is 28.4 Å². The van der Waals surface area contributed by atoms with E-state index in [9.17, 15) is 9.59 Å². The maximum Gasteiger partial charge on any atom is 0.252 e. The minimum atomic E-state index is -0.568.